The van der Waals surface area contributed by atoms with E-state index < -0.39 is 5.97 Å². The SMILES string of the molecule is O=C(O)c1cccc(-c2ccc(Cc3sc4ccccc4c3O)o2)c1. The molecule has 0 spiro atoms. The van der Waals surface area contributed by atoms with Crippen LogP contribution in [0, 0.1) is 0 Å². The van der Waals surface area contributed by atoms with E-state index in [0.717, 1.165) is 20.7 Å². The minimum absolute atomic E-state index is 0.220. The Balaban J connectivity index is 1.64. The summed E-state index contributed by atoms with van der Waals surface area (Å²) in [5.41, 5.74) is 0.935. The molecule has 0 bridgehead atoms. The van der Waals surface area contributed by atoms with Crippen molar-refractivity contribution in [3.63, 3.8) is 0 Å². The standard InChI is InChI=1S/C20H14O4S/c21-19-15-6-1-2-7-17(15)25-18(19)11-14-8-9-16(24-14)12-4-3-5-13(10-12)20(22)23/h1-10,21H,11H2,(H,22,23). The summed E-state index contributed by atoms with van der Waals surface area (Å²) in [6.07, 6.45) is 0.490. The molecule has 0 saturated carbocycles. The van der Waals surface area contributed by atoms with Crippen LogP contribution in [0.4, 0.5) is 0 Å². The average Bonchev–Trinajstić information content (AvgIpc) is 3.21. The zero-order chi connectivity index (χ0) is 17.4. The molecule has 0 saturated heterocycles. The Morgan fingerprint density at radius 2 is 1.88 bits per heavy atom. The van der Waals surface area contributed by atoms with E-state index in [1.807, 2.05) is 42.5 Å². The van der Waals surface area contributed by atoms with Crippen molar-refractivity contribution in [2.24, 2.45) is 0 Å². The predicted molar refractivity (Wildman–Crippen MR) is 97.4 cm³/mol. The molecule has 0 aliphatic rings. The number of aromatic carboxylic acids is 1. The van der Waals surface area contributed by atoms with Gasteiger partial charge >= 0.3 is 5.97 Å². The van der Waals surface area contributed by atoms with Gasteiger partial charge in [-0.3, -0.25) is 0 Å². The Hall–Kier alpha value is -3.05. The van der Waals surface area contributed by atoms with Crippen molar-refractivity contribution < 1.29 is 19.4 Å². The number of thiophene rings is 1. The molecule has 0 amide bonds. The summed E-state index contributed by atoms with van der Waals surface area (Å²) in [6.45, 7) is 0. The van der Waals surface area contributed by atoms with Crippen molar-refractivity contribution >= 4 is 27.4 Å². The topological polar surface area (TPSA) is 70.7 Å². The van der Waals surface area contributed by atoms with E-state index in [4.69, 9.17) is 9.52 Å². The number of hydrogen-bond donors (Lipinski definition) is 2. The van der Waals surface area contributed by atoms with Gasteiger partial charge in [0.15, 0.2) is 0 Å². The third-order valence-corrected chi connectivity index (χ3v) is 5.19. The van der Waals surface area contributed by atoms with Crippen molar-refractivity contribution in [2.75, 3.05) is 0 Å². The van der Waals surface area contributed by atoms with Crippen molar-refractivity contribution in [3.8, 4) is 17.1 Å². The van der Waals surface area contributed by atoms with Gasteiger partial charge in [0.2, 0.25) is 0 Å². The highest BCUT2D eigenvalue weighted by Gasteiger charge is 2.14. The molecule has 0 radical (unpaired) electrons. The molecule has 124 valence electrons. The van der Waals surface area contributed by atoms with Crippen LogP contribution in [0.25, 0.3) is 21.4 Å². The summed E-state index contributed by atoms with van der Waals surface area (Å²) in [5, 5.41) is 20.3. The molecule has 0 aliphatic carbocycles. The van der Waals surface area contributed by atoms with Gasteiger partial charge in [0, 0.05) is 22.1 Å². The number of furan rings is 1. The molecule has 25 heavy (non-hydrogen) atoms. The number of aromatic hydroxyl groups is 1. The van der Waals surface area contributed by atoms with E-state index in [2.05, 4.69) is 0 Å². The molecular weight excluding hydrogens is 336 g/mol. The first-order chi connectivity index (χ1) is 12.1. The van der Waals surface area contributed by atoms with Gasteiger partial charge in [-0.15, -0.1) is 11.3 Å². The quantitative estimate of drug-likeness (QED) is 0.533. The number of carbonyl (C=O) groups is 1. The number of carboxylic acids is 1. The monoisotopic (exact) mass is 350 g/mol. The van der Waals surface area contributed by atoms with Crippen LogP contribution in [0.5, 0.6) is 5.75 Å². The number of rotatable bonds is 4. The molecule has 4 aromatic rings. The van der Waals surface area contributed by atoms with Crippen LogP contribution in [0.1, 0.15) is 21.0 Å². The van der Waals surface area contributed by atoms with Crippen LogP contribution in [0.2, 0.25) is 0 Å². The van der Waals surface area contributed by atoms with Crippen molar-refractivity contribution in [1.29, 1.82) is 0 Å². The van der Waals surface area contributed by atoms with Gasteiger partial charge in [0.05, 0.1) is 10.4 Å². The van der Waals surface area contributed by atoms with Gasteiger partial charge in [-0.05, 0) is 36.4 Å². The fourth-order valence-corrected chi connectivity index (χ4v) is 3.90. The molecule has 4 rings (SSSR count). The van der Waals surface area contributed by atoms with Crippen LogP contribution < -0.4 is 0 Å². The summed E-state index contributed by atoms with van der Waals surface area (Å²) < 4.78 is 6.90. The summed E-state index contributed by atoms with van der Waals surface area (Å²) in [4.78, 5) is 11.9. The molecule has 2 heterocycles. The molecule has 2 N–H and O–H groups in total. The second kappa shape index (κ2) is 6.11. The Labute approximate surface area is 147 Å². The molecule has 0 atom stereocenters. The molecule has 2 aromatic heterocycles. The summed E-state index contributed by atoms with van der Waals surface area (Å²) in [7, 11) is 0. The normalized spacial score (nSPS) is 11.0. The van der Waals surface area contributed by atoms with Gasteiger partial charge in [-0.1, -0.05) is 24.3 Å². The van der Waals surface area contributed by atoms with Crippen LogP contribution >= 0.6 is 11.3 Å². The molecule has 5 heteroatoms. The maximum absolute atomic E-state index is 11.1. The van der Waals surface area contributed by atoms with Gasteiger partial charge in [-0.25, -0.2) is 4.79 Å². The van der Waals surface area contributed by atoms with Crippen LogP contribution in [-0.2, 0) is 6.42 Å². The highest BCUT2D eigenvalue weighted by atomic mass is 32.1. The Morgan fingerprint density at radius 3 is 2.68 bits per heavy atom. The first-order valence-corrected chi connectivity index (χ1v) is 8.55. The van der Waals surface area contributed by atoms with Gasteiger partial charge in [0.25, 0.3) is 0 Å². The van der Waals surface area contributed by atoms with Crippen molar-refractivity contribution in [2.45, 2.75) is 6.42 Å². The van der Waals surface area contributed by atoms with E-state index in [0.29, 0.717) is 23.5 Å². The molecule has 0 aliphatic heterocycles. The second-order valence-corrected chi connectivity index (χ2v) is 6.84. The fourth-order valence-electron chi connectivity index (χ4n) is 2.79. The molecule has 4 nitrogen and oxygen atoms in total. The fraction of sp³-hybridized carbons (Fsp3) is 0.0500. The summed E-state index contributed by atoms with van der Waals surface area (Å²) in [5.74, 6) is 0.659. The number of hydrogen-bond acceptors (Lipinski definition) is 4. The van der Waals surface area contributed by atoms with E-state index >= 15 is 0 Å². The van der Waals surface area contributed by atoms with E-state index in [1.165, 1.54) is 0 Å². The molecule has 0 fully saturated rings. The zero-order valence-corrected chi connectivity index (χ0v) is 13.9. The lowest BCUT2D eigenvalue weighted by Gasteiger charge is -2.00. The third-order valence-electron chi connectivity index (χ3n) is 4.03. The largest absolute Gasteiger partial charge is 0.506 e. The maximum atomic E-state index is 11.1. The lowest BCUT2D eigenvalue weighted by atomic mass is 10.1. The van der Waals surface area contributed by atoms with E-state index in [-0.39, 0.29) is 5.56 Å². The lowest BCUT2D eigenvalue weighted by Crippen LogP contribution is -1.95. The highest BCUT2D eigenvalue weighted by Crippen LogP contribution is 2.38. The lowest BCUT2D eigenvalue weighted by molar-refractivity contribution is 0.0697. The van der Waals surface area contributed by atoms with E-state index in [9.17, 15) is 9.90 Å². The van der Waals surface area contributed by atoms with E-state index in [1.54, 1.807) is 29.5 Å². The summed E-state index contributed by atoms with van der Waals surface area (Å²) in [6, 6.07) is 18.0. The van der Waals surface area contributed by atoms with Gasteiger partial charge in [0.1, 0.15) is 17.3 Å². The van der Waals surface area contributed by atoms with Gasteiger partial charge < -0.3 is 14.6 Å². The first-order valence-electron chi connectivity index (χ1n) is 7.73. The average molecular weight is 350 g/mol. The Morgan fingerprint density at radius 1 is 1.04 bits per heavy atom. The van der Waals surface area contributed by atoms with Crippen LogP contribution in [0.3, 0.4) is 0 Å². The highest BCUT2D eigenvalue weighted by molar-refractivity contribution is 7.19. The number of fused-ring (bicyclic) bond motifs is 1. The predicted octanol–water partition coefficient (Wildman–Crippen LogP) is 5.16. The number of carboxylic acid groups (broad SMARTS) is 1. The maximum Gasteiger partial charge on any atom is 0.335 e. The third kappa shape index (κ3) is 2.90. The Bertz CT molecular complexity index is 1070. The first kappa shape index (κ1) is 15.5. The number of benzene rings is 2. The van der Waals surface area contributed by atoms with Crippen LogP contribution in [-0.4, -0.2) is 16.2 Å². The minimum Gasteiger partial charge on any atom is -0.506 e. The zero-order valence-electron chi connectivity index (χ0n) is 13.1. The molecular formula is C20H14O4S. The minimum atomic E-state index is -0.969. The Kier molecular flexibility index (Phi) is 3.78. The van der Waals surface area contributed by atoms with Crippen LogP contribution in [0.15, 0.2) is 65.1 Å². The van der Waals surface area contributed by atoms with Gasteiger partial charge in [-0.2, -0.15) is 0 Å². The molecule has 2 aromatic carbocycles. The summed E-state index contributed by atoms with van der Waals surface area (Å²) >= 11 is 1.54. The second-order valence-electron chi connectivity index (χ2n) is 5.70. The smallest absolute Gasteiger partial charge is 0.335 e. The molecule has 0 unspecified atom stereocenters. The van der Waals surface area contributed by atoms with Crippen molar-refractivity contribution in [1.82, 2.24) is 0 Å². The van der Waals surface area contributed by atoms with Crippen molar-refractivity contribution in [3.05, 3.63) is 76.9 Å².